The van der Waals surface area contributed by atoms with Crippen LogP contribution < -0.4 is 10.6 Å². The van der Waals surface area contributed by atoms with E-state index in [-0.39, 0.29) is 0 Å². The van der Waals surface area contributed by atoms with Crippen LogP contribution >= 0.6 is 0 Å². The Kier molecular flexibility index (Phi) is 7.28. The first-order valence-corrected chi connectivity index (χ1v) is 6.88. The number of unbranched alkanes of at least 4 members (excludes halogenated alkanes) is 5. The van der Waals surface area contributed by atoms with Gasteiger partial charge in [0.15, 0.2) is 0 Å². The number of anilines is 2. The van der Waals surface area contributed by atoms with E-state index in [1.165, 1.54) is 44.2 Å². The highest BCUT2D eigenvalue weighted by Gasteiger charge is 1.94. The van der Waals surface area contributed by atoms with E-state index in [2.05, 4.69) is 41.8 Å². The lowest BCUT2D eigenvalue weighted by molar-refractivity contribution is 0.617. The van der Waals surface area contributed by atoms with Gasteiger partial charge >= 0.3 is 0 Å². The van der Waals surface area contributed by atoms with Crippen LogP contribution in [-0.2, 0) is 0 Å². The molecule has 2 nitrogen and oxygen atoms in total. The Morgan fingerprint density at radius 2 is 1.65 bits per heavy atom. The average Bonchev–Trinajstić information content (AvgIpc) is 2.38. The smallest absolute Gasteiger partial charge is 0.0360 e. The van der Waals surface area contributed by atoms with Crippen molar-refractivity contribution in [3.63, 3.8) is 0 Å². The van der Waals surface area contributed by atoms with Gasteiger partial charge in [0, 0.05) is 25.0 Å². The summed E-state index contributed by atoms with van der Waals surface area (Å²) in [4.78, 5) is 0. The molecule has 2 heteroatoms. The molecule has 0 aliphatic heterocycles. The van der Waals surface area contributed by atoms with Gasteiger partial charge in [-0.05, 0) is 24.6 Å². The van der Waals surface area contributed by atoms with Gasteiger partial charge in [0.2, 0.25) is 0 Å². The van der Waals surface area contributed by atoms with Crippen molar-refractivity contribution in [2.75, 3.05) is 24.2 Å². The predicted octanol–water partition coefficient (Wildman–Crippen LogP) is 4.50. The molecule has 0 radical (unpaired) electrons. The summed E-state index contributed by atoms with van der Waals surface area (Å²) >= 11 is 0. The zero-order valence-corrected chi connectivity index (χ0v) is 11.3. The Morgan fingerprint density at radius 3 is 2.41 bits per heavy atom. The van der Waals surface area contributed by atoms with E-state index in [9.17, 15) is 0 Å². The van der Waals surface area contributed by atoms with Crippen LogP contribution in [0.1, 0.15) is 45.4 Å². The Morgan fingerprint density at radius 1 is 0.941 bits per heavy atom. The lowest BCUT2D eigenvalue weighted by Crippen LogP contribution is -2.01. The fraction of sp³-hybridized carbons (Fsp3) is 0.600. The van der Waals surface area contributed by atoms with Crippen LogP contribution in [0.25, 0.3) is 0 Å². The van der Waals surface area contributed by atoms with Crippen LogP contribution in [0.5, 0.6) is 0 Å². The molecule has 0 aliphatic carbocycles. The fourth-order valence-electron chi connectivity index (χ4n) is 1.92. The van der Waals surface area contributed by atoms with Crippen LogP contribution in [0.2, 0.25) is 0 Å². The predicted molar refractivity (Wildman–Crippen MR) is 77.9 cm³/mol. The molecule has 0 fully saturated rings. The SMILES string of the molecule is CCCCCCCCNc1cccc(NC)c1. The molecule has 0 heterocycles. The van der Waals surface area contributed by atoms with Gasteiger partial charge in [-0.25, -0.2) is 0 Å². The fourth-order valence-corrected chi connectivity index (χ4v) is 1.92. The number of benzene rings is 1. The molecule has 17 heavy (non-hydrogen) atoms. The Labute approximate surface area is 106 Å². The van der Waals surface area contributed by atoms with Gasteiger partial charge in [-0.1, -0.05) is 45.1 Å². The van der Waals surface area contributed by atoms with Gasteiger partial charge in [0.1, 0.15) is 0 Å². The van der Waals surface area contributed by atoms with Gasteiger partial charge in [-0.15, -0.1) is 0 Å². The first-order valence-electron chi connectivity index (χ1n) is 6.88. The minimum absolute atomic E-state index is 1.08. The lowest BCUT2D eigenvalue weighted by Gasteiger charge is -2.08. The summed E-state index contributed by atoms with van der Waals surface area (Å²) in [5.41, 5.74) is 2.38. The third kappa shape index (κ3) is 6.20. The molecule has 0 amide bonds. The van der Waals surface area contributed by atoms with Gasteiger partial charge < -0.3 is 10.6 Å². The van der Waals surface area contributed by atoms with E-state index in [0.717, 1.165) is 12.2 Å². The Hall–Kier alpha value is -1.18. The van der Waals surface area contributed by atoms with Gasteiger partial charge in [0.05, 0.1) is 0 Å². The quantitative estimate of drug-likeness (QED) is 0.615. The average molecular weight is 234 g/mol. The molecule has 0 aliphatic rings. The zero-order chi connectivity index (χ0) is 12.3. The first kappa shape index (κ1) is 13.9. The minimum Gasteiger partial charge on any atom is -0.388 e. The van der Waals surface area contributed by atoms with E-state index in [4.69, 9.17) is 0 Å². The summed E-state index contributed by atoms with van der Waals surface area (Å²) in [5, 5.41) is 6.62. The maximum atomic E-state index is 3.47. The molecule has 0 unspecified atom stereocenters. The molecule has 0 spiro atoms. The van der Waals surface area contributed by atoms with E-state index >= 15 is 0 Å². The van der Waals surface area contributed by atoms with E-state index in [1.807, 2.05) is 7.05 Å². The third-order valence-electron chi connectivity index (χ3n) is 3.01. The number of hydrogen-bond donors (Lipinski definition) is 2. The highest BCUT2D eigenvalue weighted by Crippen LogP contribution is 2.14. The van der Waals surface area contributed by atoms with Crippen LogP contribution in [0.3, 0.4) is 0 Å². The number of hydrogen-bond acceptors (Lipinski definition) is 2. The molecule has 0 saturated heterocycles. The van der Waals surface area contributed by atoms with Crippen molar-refractivity contribution in [1.29, 1.82) is 0 Å². The highest BCUT2D eigenvalue weighted by molar-refractivity contribution is 5.56. The summed E-state index contributed by atoms with van der Waals surface area (Å²) in [7, 11) is 1.95. The van der Waals surface area contributed by atoms with Crippen molar-refractivity contribution in [1.82, 2.24) is 0 Å². The van der Waals surface area contributed by atoms with Crippen molar-refractivity contribution < 1.29 is 0 Å². The van der Waals surface area contributed by atoms with Gasteiger partial charge in [-0.2, -0.15) is 0 Å². The summed E-state index contributed by atoms with van der Waals surface area (Å²) in [6, 6.07) is 8.43. The van der Waals surface area contributed by atoms with Gasteiger partial charge in [0.25, 0.3) is 0 Å². The van der Waals surface area contributed by atoms with Crippen molar-refractivity contribution in [2.24, 2.45) is 0 Å². The highest BCUT2D eigenvalue weighted by atomic mass is 14.9. The molecular formula is C15H26N2. The Bertz CT molecular complexity index is 297. The van der Waals surface area contributed by atoms with Crippen LogP contribution in [0, 0.1) is 0 Å². The largest absolute Gasteiger partial charge is 0.388 e. The van der Waals surface area contributed by atoms with E-state index < -0.39 is 0 Å². The second kappa shape index (κ2) is 8.91. The Balaban J connectivity index is 2.09. The summed E-state index contributed by atoms with van der Waals surface area (Å²) < 4.78 is 0. The van der Waals surface area contributed by atoms with Crippen molar-refractivity contribution in [3.8, 4) is 0 Å². The second-order valence-electron chi connectivity index (χ2n) is 4.53. The molecule has 0 aromatic heterocycles. The van der Waals surface area contributed by atoms with Gasteiger partial charge in [-0.3, -0.25) is 0 Å². The lowest BCUT2D eigenvalue weighted by atomic mass is 10.1. The second-order valence-corrected chi connectivity index (χ2v) is 4.53. The maximum absolute atomic E-state index is 3.47. The van der Waals surface area contributed by atoms with Crippen LogP contribution in [0.4, 0.5) is 11.4 Å². The van der Waals surface area contributed by atoms with Crippen molar-refractivity contribution in [3.05, 3.63) is 24.3 Å². The van der Waals surface area contributed by atoms with Crippen molar-refractivity contribution in [2.45, 2.75) is 45.4 Å². The molecule has 1 aromatic carbocycles. The van der Waals surface area contributed by atoms with E-state index in [0.29, 0.717) is 0 Å². The molecule has 0 atom stereocenters. The molecule has 0 saturated carbocycles. The maximum Gasteiger partial charge on any atom is 0.0360 e. The van der Waals surface area contributed by atoms with Crippen molar-refractivity contribution >= 4 is 11.4 Å². The molecule has 0 bridgehead atoms. The number of nitrogens with one attached hydrogen (secondary N) is 2. The molecule has 2 N–H and O–H groups in total. The van der Waals surface area contributed by atoms with Crippen LogP contribution in [0.15, 0.2) is 24.3 Å². The van der Waals surface area contributed by atoms with Crippen LogP contribution in [-0.4, -0.2) is 13.6 Å². The topological polar surface area (TPSA) is 24.1 Å². The van der Waals surface area contributed by atoms with E-state index in [1.54, 1.807) is 0 Å². The first-order chi connectivity index (χ1) is 8.36. The summed E-state index contributed by atoms with van der Waals surface area (Å²) in [6.45, 7) is 3.34. The molecule has 1 rings (SSSR count). The summed E-state index contributed by atoms with van der Waals surface area (Å²) in [6.07, 6.45) is 8.11. The number of rotatable bonds is 9. The normalized spacial score (nSPS) is 10.2. The monoisotopic (exact) mass is 234 g/mol. The molecule has 96 valence electrons. The standard InChI is InChI=1S/C15H26N2/c1-3-4-5-6-7-8-12-17-15-11-9-10-14(13-15)16-2/h9-11,13,16-17H,3-8,12H2,1-2H3. The molecule has 1 aromatic rings. The third-order valence-corrected chi connectivity index (χ3v) is 3.01. The minimum atomic E-state index is 1.08. The zero-order valence-electron chi connectivity index (χ0n) is 11.3. The molecular weight excluding hydrogens is 208 g/mol. The summed E-state index contributed by atoms with van der Waals surface area (Å²) in [5.74, 6) is 0.